The van der Waals surface area contributed by atoms with Crippen molar-refractivity contribution in [2.75, 3.05) is 11.5 Å². The van der Waals surface area contributed by atoms with Crippen LogP contribution in [-0.2, 0) is 6.61 Å². The number of anilines is 2. The van der Waals surface area contributed by atoms with E-state index >= 15 is 0 Å². The lowest BCUT2D eigenvalue weighted by Crippen LogP contribution is -2.32. The first-order valence-corrected chi connectivity index (χ1v) is 9.04. The number of nitrogen functional groups attached to an aromatic ring is 2. The van der Waals surface area contributed by atoms with E-state index in [1.165, 1.54) is 0 Å². The van der Waals surface area contributed by atoms with Crippen molar-refractivity contribution in [1.29, 1.82) is 0 Å². The number of nitrogens with zero attached hydrogens (tertiary/aromatic N) is 4. The number of nitrogens with two attached hydrogens (primary N) is 2. The highest BCUT2D eigenvalue weighted by Crippen LogP contribution is 2.17. The van der Waals surface area contributed by atoms with Crippen molar-refractivity contribution in [2.24, 2.45) is 0 Å². The summed E-state index contributed by atoms with van der Waals surface area (Å²) in [5.74, 6) is 0.741. The summed E-state index contributed by atoms with van der Waals surface area (Å²) in [4.78, 5) is 28.6. The van der Waals surface area contributed by atoms with E-state index in [-0.39, 0.29) is 30.3 Å². The molecule has 0 saturated heterocycles. The summed E-state index contributed by atoms with van der Waals surface area (Å²) in [5.41, 5.74) is 13.2. The molecule has 1 atom stereocenters. The quantitative estimate of drug-likeness (QED) is 0.564. The van der Waals surface area contributed by atoms with Gasteiger partial charge >= 0.3 is 0 Å². The van der Waals surface area contributed by atoms with Crippen molar-refractivity contribution >= 4 is 28.8 Å². The molecule has 0 aliphatic rings. The molecular weight excluding hydrogens is 358 g/mol. The van der Waals surface area contributed by atoms with Crippen molar-refractivity contribution in [3.05, 3.63) is 41.7 Å². The number of aromatic nitrogens is 4. The average Bonchev–Trinajstić information content (AvgIpc) is 2.67. The molecule has 0 aliphatic carbocycles. The second-order valence-electron chi connectivity index (χ2n) is 6.48. The molecule has 1 aromatic carbocycles. The summed E-state index contributed by atoms with van der Waals surface area (Å²) >= 11 is 0. The van der Waals surface area contributed by atoms with Crippen LogP contribution in [0.3, 0.4) is 0 Å². The lowest BCUT2D eigenvalue weighted by molar-refractivity contribution is 0.0938. The molecule has 9 nitrogen and oxygen atoms in total. The number of ether oxygens (including phenoxy) is 1. The molecule has 0 saturated carbocycles. The molecule has 146 valence electrons. The fraction of sp³-hybridized carbons (Fsp3) is 0.316. The van der Waals surface area contributed by atoms with Crippen LogP contribution in [0.15, 0.2) is 30.5 Å². The molecule has 1 unspecified atom stereocenters. The molecule has 1 amide bonds. The third-order valence-corrected chi connectivity index (χ3v) is 4.10. The number of carbonyl (C=O) groups excluding carboxylic acids is 1. The number of hydrogen-bond donors (Lipinski definition) is 3. The van der Waals surface area contributed by atoms with Gasteiger partial charge in [-0.25, -0.2) is 9.97 Å². The van der Waals surface area contributed by atoms with Crippen LogP contribution in [-0.4, -0.2) is 31.9 Å². The summed E-state index contributed by atoms with van der Waals surface area (Å²) in [5, 5.41) is 2.97. The number of amides is 1. The smallest absolute Gasteiger partial charge is 0.251 e. The van der Waals surface area contributed by atoms with Crippen LogP contribution in [0.2, 0.25) is 0 Å². The third-order valence-electron chi connectivity index (χ3n) is 4.10. The van der Waals surface area contributed by atoms with Crippen LogP contribution in [0.1, 0.15) is 42.7 Å². The lowest BCUT2D eigenvalue weighted by Gasteiger charge is -2.13. The Morgan fingerprint density at radius 2 is 1.93 bits per heavy atom. The van der Waals surface area contributed by atoms with Gasteiger partial charge in [-0.2, -0.15) is 9.97 Å². The first-order chi connectivity index (χ1) is 13.5. The molecule has 2 heterocycles. The van der Waals surface area contributed by atoms with Gasteiger partial charge in [-0.05, 0) is 37.6 Å². The Kier molecular flexibility index (Phi) is 5.83. The fourth-order valence-electron chi connectivity index (χ4n) is 2.72. The van der Waals surface area contributed by atoms with Crippen molar-refractivity contribution in [1.82, 2.24) is 25.3 Å². The molecular formula is C19H23N7O2. The van der Waals surface area contributed by atoms with E-state index in [0.29, 0.717) is 28.2 Å². The van der Waals surface area contributed by atoms with Gasteiger partial charge in [-0.1, -0.05) is 13.3 Å². The summed E-state index contributed by atoms with van der Waals surface area (Å²) < 4.78 is 5.72. The topological polar surface area (TPSA) is 142 Å². The standard InChI is InChI=1S/C19H23N7O2/c1-3-4-11(2)23-18(27)12-5-7-14(8-6-12)28-10-13-9-22-17-15(24-13)16(20)25-19(21)26-17/h5-9,11H,3-4,10H2,1-2H3,(H,23,27)(H4,20,21,22,25,26). The van der Waals surface area contributed by atoms with Gasteiger partial charge in [0, 0.05) is 11.6 Å². The van der Waals surface area contributed by atoms with E-state index in [1.54, 1.807) is 30.5 Å². The predicted molar refractivity (Wildman–Crippen MR) is 107 cm³/mol. The zero-order valence-electron chi connectivity index (χ0n) is 15.8. The van der Waals surface area contributed by atoms with E-state index in [4.69, 9.17) is 16.2 Å². The maximum absolute atomic E-state index is 12.2. The maximum atomic E-state index is 12.2. The Morgan fingerprint density at radius 3 is 2.64 bits per heavy atom. The summed E-state index contributed by atoms with van der Waals surface area (Å²) in [6, 6.07) is 7.08. The van der Waals surface area contributed by atoms with Gasteiger partial charge in [0.05, 0.1) is 11.9 Å². The lowest BCUT2D eigenvalue weighted by atomic mass is 10.1. The summed E-state index contributed by atoms with van der Waals surface area (Å²) in [7, 11) is 0. The van der Waals surface area contributed by atoms with Crippen LogP contribution >= 0.6 is 0 Å². The number of fused-ring (bicyclic) bond motifs is 1. The van der Waals surface area contributed by atoms with Crippen LogP contribution in [0.5, 0.6) is 5.75 Å². The predicted octanol–water partition coefficient (Wildman–Crippen LogP) is 2.08. The molecule has 0 bridgehead atoms. The number of hydrogen-bond acceptors (Lipinski definition) is 8. The molecule has 0 fully saturated rings. The minimum absolute atomic E-state index is 0.0523. The van der Waals surface area contributed by atoms with Crippen LogP contribution < -0.4 is 21.5 Å². The number of rotatable bonds is 7. The van der Waals surface area contributed by atoms with Crippen LogP contribution in [0, 0.1) is 0 Å². The maximum Gasteiger partial charge on any atom is 0.251 e. The minimum Gasteiger partial charge on any atom is -0.487 e. The zero-order chi connectivity index (χ0) is 20.1. The molecule has 3 rings (SSSR count). The number of benzene rings is 1. The molecule has 9 heteroatoms. The van der Waals surface area contributed by atoms with Gasteiger partial charge in [-0.3, -0.25) is 4.79 Å². The summed E-state index contributed by atoms with van der Waals surface area (Å²) in [6.45, 7) is 4.27. The van der Waals surface area contributed by atoms with Gasteiger partial charge in [0.25, 0.3) is 5.91 Å². The minimum atomic E-state index is -0.0948. The van der Waals surface area contributed by atoms with Gasteiger partial charge in [0.15, 0.2) is 17.0 Å². The zero-order valence-corrected chi connectivity index (χ0v) is 15.8. The van der Waals surface area contributed by atoms with E-state index < -0.39 is 0 Å². The second kappa shape index (κ2) is 8.47. The molecule has 0 aliphatic heterocycles. The highest BCUT2D eigenvalue weighted by atomic mass is 16.5. The van der Waals surface area contributed by atoms with E-state index in [2.05, 4.69) is 32.2 Å². The first kappa shape index (κ1) is 19.3. The molecule has 5 N–H and O–H groups in total. The molecule has 28 heavy (non-hydrogen) atoms. The third kappa shape index (κ3) is 4.61. The fourth-order valence-corrected chi connectivity index (χ4v) is 2.72. The van der Waals surface area contributed by atoms with Gasteiger partial charge in [-0.15, -0.1) is 0 Å². The molecule has 0 spiro atoms. The Morgan fingerprint density at radius 1 is 1.18 bits per heavy atom. The highest BCUT2D eigenvalue weighted by Gasteiger charge is 2.10. The van der Waals surface area contributed by atoms with Crippen molar-refractivity contribution in [2.45, 2.75) is 39.3 Å². The Bertz CT molecular complexity index is 976. The normalized spacial score (nSPS) is 11.9. The second-order valence-corrected chi connectivity index (χ2v) is 6.48. The Balaban J connectivity index is 1.63. The van der Waals surface area contributed by atoms with E-state index in [9.17, 15) is 4.79 Å². The average molecular weight is 381 g/mol. The molecule has 2 aromatic heterocycles. The van der Waals surface area contributed by atoms with E-state index in [1.807, 2.05) is 6.92 Å². The Labute approximate surface area is 162 Å². The largest absolute Gasteiger partial charge is 0.487 e. The summed E-state index contributed by atoms with van der Waals surface area (Å²) in [6.07, 6.45) is 3.52. The monoisotopic (exact) mass is 381 g/mol. The van der Waals surface area contributed by atoms with Crippen molar-refractivity contribution in [3.63, 3.8) is 0 Å². The highest BCUT2D eigenvalue weighted by molar-refractivity contribution is 5.94. The number of carbonyl (C=O) groups is 1. The van der Waals surface area contributed by atoms with Crippen molar-refractivity contribution in [3.8, 4) is 5.75 Å². The number of nitrogens with one attached hydrogen (secondary N) is 1. The SMILES string of the molecule is CCCC(C)NC(=O)c1ccc(OCc2cnc3nc(N)nc(N)c3n2)cc1. The Hall–Kier alpha value is -3.49. The van der Waals surface area contributed by atoms with Crippen LogP contribution in [0.25, 0.3) is 11.2 Å². The van der Waals surface area contributed by atoms with E-state index in [0.717, 1.165) is 12.8 Å². The first-order valence-electron chi connectivity index (χ1n) is 9.04. The van der Waals surface area contributed by atoms with Gasteiger partial charge < -0.3 is 21.5 Å². The van der Waals surface area contributed by atoms with Crippen molar-refractivity contribution < 1.29 is 9.53 Å². The van der Waals surface area contributed by atoms with Gasteiger partial charge in [0.2, 0.25) is 5.95 Å². The molecule has 3 aromatic rings. The van der Waals surface area contributed by atoms with Crippen LogP contribution in [0.4, 0.5) is 11.8 Å². The molecule has 0 radical (unpaired) electrons. The van der Waals surface area contributed by atoms with Gasteiger partial charge in [0.1, 0.15) is 12.4 Å².